The van der Waals surface area contributed by atoms with Crippen molar-refractivity contribution in [2.75, 3.05) is 6.54 Å². The zero-order valence-electron chi connectivity index (χ0n) is 18.7. The van der Waals surface area contributed by atoms with Gasteiger partial charge in [0.25, 0.3) is 5.95 Å². The summed E-state index contributed by atoms with van der Waals surface area (Å²) in [4.78, 5) is 26.2. The average molecular weight is 447 g/mol. The number of nitrogens with one attached hydrogen (secondary N) is 1. The van der Waals surface area contributed by atoms with Crippen molar-refractivity contribution in [3.05, 3.63) is 75.8 Å². The van der Waals surface area contributed by atoms with Crippen LogP contribution in [-0.2, 0) is 17.6 Å². The average Bonchev–Trinajstić information content (AvgIpc) is 3.34. The fourth-order valence-corrected chi connectivity index (χ4v) is 4.48. The van der Waals surface area contributed by atoms with Crippen LogP contribution in [0.25, 0.3) is 16.5 Å². The Kier molecular flexibility index (Phi) is 6.41. The van der Waals surface area contributed by atoms with E-state index in [2.05, 4.69) is 42.9 Å². The molecular weight excluding hydrogens is 420 g/mol. The summed E-state index contributed by atoms with van der Waals surface area (Å²) in [5.41, 5.74) is 6.48. The van der Waals surface area contributed by atoms with E-state index in [1.54, 1.807) is 16.0 Å². The van der Waals surface area contributed by atoms with E-state index in [0.717, 1.165) is 44.6 Å². The number of hydrogen-bond acceptors (Lipinski definition) is 6. The van der Waals surface area contributed by atoms with E-state index in [9.17, 15) is 4.79 Å². The van der Waals surface area contributed by atoms with Crippen molar-refractivity contribution in [3.63, 3.8) is 0 Å². The Balaban J connectivity index is 1.37. The highest BCUT2D eigenvalue weighted by molar-refractivity contribution is 7.13. The minimum Gasteiger partial charge on any atom is -0.355 e. The third-order valence-corrected chi connectivity index (χ3v) is 6.15. The van der Waals surface area contributed by atoms with Gasteiger partial charge in [-0.1, -0.05) is 30.3 Å². The molecular formula is C24H26N6OS. The van der Waals surface area contributed by atoms with Gasteiger partial charge in [0.15, 0.2) is 0 Å². The maximum atomic E-state index is 12.6. The summed E-state index contributed by atoms with van der Waals surface area (Å²) in [6.45, 7) is 8.27. The molecule has 0 spiro atoms. The molecule has 0 aliphatic heterocycles. The van der Waals surface area contributed by atoms with E-state index in [1.807, 2.05) is 52.0 Å². The van der Waals surface area contributed by atoms with Crippen LogP contribution in [0.5, 0.6) is 0 Å². The van der Waals surface area contributed by atoms with Crippen LogP contribution in [0.15, 0.2) is 41.8 Å². The van der Waals surface area contributed by atoms with Crippen LogP contribution in [-0.4, -0.2) is 37.2 Å². The third kappa shape index (κ3) is 4.91. The lowest BCUT2D eigenvalue weighted by molar-refractivity contribution is -0.120. The van der Waals surface area contributed by atoms with Crippen molar-refractivity contribution in [2.45, 2.75) is 40.5 Å². The normalized spacial score (nSPS) is 11.0. The summed E-state index contributed by atoms with van der Waals surface area (Å²) < 4.78 is 1.72. The molecule has 0 bridgehead atoms. The Hall–Kier alpha value is -3.39. The molecule has 1 aromatic carbocycles. The maximum absolute atomic E-state index is 12.6. The first kappa shape index (κ1) is 21.8. The first-order valence-electron chi connectivity index (χ1n) is 10.5. The second-order valence-electron chi connectivity index (χ2n) is 7.80. The minimum atomic E-state index is -0.0318. The van der Waals surface area contributed by atoms with E-state index in [-0.39, 0.29) is 12.3 Å². The predicted octanol–water partition coefficient (Wildman–Crippen LogP) is 3.92. The van der Waals surface area contributed by atoms with Gasteiger partial charge in [0.2, 0.25) is 5.91 Å². The van der Waals surface area contributed by atoms with Gasteiger partial charge < -0.3 is 5.32 Å². The smallest absolute Gasteiger partial charge is 0.251 e. The molecule has 3 aromatic heterocycles. The highest BCUT2D eigenvalue weighted by atomic mass is 32.1. The number of nitrogens with zero attached hydrogens (tertiary/aromatic N) is 5. The van der Waals surface area contributed by atoms with Crippen molar-refractivity contribution in [2.24, 2.45) is 0 Å². The van der Waals surface area contributed by atoms with Crippen molar-refractivity contribution in [1.29, 1.82) is 0 Å². The van der Waals surface area contributed by atoms with Crippen LogP contribution in [0, 0.1) is 27.7 Å². The molecule has 0 unspecified atom stereocenters. The predicted molar refractivity (Wildman–Crippen MR) is 126 cm³/mol. The second-order valence-corrected chi connectivity index (χ2v) is 8.66. The lowest BCUT2D eigenvalue weighted by atomic mass is 10.1. The number of aryl methyl sites for hydroxylation is 3. The van der Waals surface area contributed by atoms with Crippen molar-refractivity contribution >= 4 is 17.2 Å². The van der Waals surface area contributed by atoms with Gasteiger partial charge in [0.05, 0.1) is 17.8 Å². The lowest BCUT2D eigenvalue weighted by Crippen LogP contribution is -2.27. The fourth-order valence-electron chi connectivity index (χ4n) is 3.62. The Morgan fingerprint density at radius 3 is 2.47 bits per heavy atom. The van der Waals surface area contributed by atoms with Crippen molar-refractivity contribution in [3.8, 4) is 16.5 Å². The molecule has 0 saturated heterocycles. The molecule has 1 N–H and O–H groups in total. The van der Waals surface area contributed by atoms with E-state index in [4.69, 9.17) is 0 Å². The monoisotopic (exact) mass is 446 g/mol. The van der Waals surface area contributed by atoms with E-state index in [0.29, 0.717) is 18.9 Å². The molecule has 3 heterocycles. The molecule has 7 nitrogen and oxygen atoms in total. The van der Waals surface area contributed by atoms with Gasteiger partial charge in [-0.25, -0.2) is 19.6 Å². The molecule has 0 fully saturated rings. The summed E-state index contributed by atoms with van der Waals surface area (Å²) >= 11 is 1.62. The highest BCUT2D eigenvalue weighted by Crippen LogP contribution is 2.23. The Morgan fingerprint density at radius 2 is 1.75 bits per heavy atom. The number of benzene rings is 1. The Morgan fingerprint density at radius 1 is 1.03 bits per heavy atom. The molecule has 0 aliphatic rings. The van der Waals surface area contributed by atoms with Crippen LogP contribution in [0.1, 0.15) is 34.0 Å². The Labute approximate surface area is 191 Å². The molecule has 0 aliphatic carbocycles. The molecule has 164 valence electrons. The fraction of sp³-hybridized carbons (Fsp3) is 0.292. The van der Waals surface area contributed by atoms with Gasteiger partial charge in [-0.2, -0.15) is 5.10 Å². The molecule has 8 heteroatoms. The molecule has 0 atom stereocenters. The van der Waals surface area contributed by atoms with E-state index in [1.165, 1.54) is 0 Å². The summed E-state index contributed by atoms with van der Waals surface area (Å²) in [5.74, 6) is 0.503. The zero-order valence-corrected chi connectivity index (χ0v) is 19.5. The first-order chi connectivity index (χ1) is 15.4. The molecule has 0 saturated carbocycles. The molecule has 4 aromatic rings. The summed E-state index contributed by atoms with van der Waals surface area (Å²) in [5, 5.41) is 10.6. The van der Waals surface area contributed by atoms with Crippen LogP contribution in [0.4, 0.5) is 0 Å². The van der Waals surface area contributed by atoms with Gasteiger partial charge in [0.1, 0.15) is 5.01 Å². The minimum absolute atomic E-state index is 0.0318. The summed E-state index contributed by atoms with van der Waals surface area (Å²) in [6, 6.07) is 12.0. The van der Waals surface area contributed by atoms with Crippen LogP contribution in [0.2, 0.25) is 0 Å². The van der Waals surface area contributed by atoms with Crippen LogP contribution in [0.3, 0.4) is 0 Å². The number of carbonyl (C=O) groups excluding carboxylic acids is 1. The summed E-state index contributed by atoms with van der Waals surface area (Å²) in [7, 11) is 0. The standard InChI is InChI=1S/C24H26N6OS/c1-15-12-16(2)27-24(26-15)30-18(4)21(17(3)29-30)13-22(31)25-11-10-20-14-32-23(28-20)19-8-6-5-7-9-19/h5-9,12,14H,10-11,13H2,1-4H3,(H,25,31). The lowest BCUT2D eigenvalue weighted by Gasteiger charge is -2.07. The van der Waals surface area contributed by atoms with E-state index >= 15 is 0 Å². The highest BCUT2D eigenvalue weighted by Gasteiger charge is 2.17. The van der Waals surface area contributed by atoms with Gasteiger partial charge in [-0.3, -0.25) is 4.79 Å². The number of thiazole rings is 1. The maximum Gasteiger partial charge on any atom is 0.251 e. The zero-order chi connectivity index (χ0) is 22.7. The number of rotatable bonds is 7. The molecule has 1 amide bonds. The number of aromatic nitrogens is 5. The van der Waals surface area contributed by atoms with Crippen LogP contribution >= 0.6 is 11.3 Å². The van der Waals surface area contributed by atoms with Crippen molar-refractivity contribution in [1.82, 2.24) is 30.0 Å². The topological polar surface area (TPSA) is 85.6 Å². The third-order valence-electron chi connectivity index (χ3n) is 5.21. The van der Waals surface area contributed by atoms with E-state index < -0.39 is 0 Å². The Bertz CT molecular complexity index is 1220. The molecule has 4 rings (SSSR count). The number of hydrogen-bond donors (Lipinski definition) is 1. The summed E-state index contributed by atoms with van der Waals surface area (Å²) in [6.07, 6.45) is 0.970. The van der Waals surface area contributed by atoms with Gasteiger partial charge in [-0.15, -0.1) is 11.3 Å². The quantitative estimate of drug-likeness (QED) is 0.465. The SMILES string of the molecule is Cc1cc(C)nc(-n2nc(C)c(CC(=O)NCCc3csc(-c4ccccc4)n3)c2C)n1. The molecule has 0 radical (unpaired) electrons. The molecule has 32 heavy (non-hydrogen) atoms. The number of carbonyl (C=O) groups is 1. The van der Waals surface area contributed by atoms with Crippen molar-refractivity contribution < 1.29 is 4.79 Å². The van der Waals surface area contributed by atoms with Gasteiger partial charge >= 0.3 is 0 Å². The second kappa shape index (κ2) is 9.40. The van der Waals surface area contributed by atoms with Gasteiger partial charge in [-0.05, 0) is 33.8 Å². The number of amides is 1. The first-order valence-corrected chi connectivity index (χ1v) is 11.4. The largest absolute Gasteiger partial charge is 0.355 e. The van der Waals surface area contributed by atoms with Gasteiger partial charge in [0, 0.05) is 46.6 Å². The van der Waals surface area contributed by atoms with Crippen LogP contribution < -0.4 is 5.32 Å².